The van der Waals surface area contributed by atoms with E-state index < -0.39 is 0 Å². The van der Waals surface area contributed by atoms with Gasteiger partial charge in [0.1, 0.15) is 12.4 Å². The van der Waals surface area contributed by atoms with E-state index in [0.717, 1.165) is 12.3 Å². The van der Waals surface area contributed by atoms with Crippen molar-refractivity contribution in [1.82, 2.24) is 25.2 Å². The van der Waals surface area contributed by atoms with Gasteiger partial charge in [0, 0.05) is 23.1 Å². The number of hydrogen-bond donors (Lipinski definition) is 1. The second-order valence-corrected chi connectivity index (χ2v) is 8.60. The Balaban J connectivity index is 1.32. The molecule has 0 unspecified atom stereocenters. The predicted octanol–water partition coefficient (Wildman–Crippen LogP) is 5.33. The summed E-state index contributed by atoms with van der Waals surface area (Å²) in [7, 11) is 0. The Kier molecular flexibility index (Phi) is 5.11. The van der Waals surface area contributed by atoms with Crippen molar-refractivity contribution in [1.29, 1.82) is 0 Å². The molecule has 6 nitrogen and oxygen atoms in total. The van der Waals surface area contributed by atoms with Gasteiger partial charge in [-0.15, -0.1) is 5.10 Å². The van der Waals surface area contributed by atoms with Crippen molar-refractivity contribution in [2.45, 2.75) is 38.8 Å². The number of hydrogen-bond acceptors (Lipinski definition) is 4. The van der Waals surface area contributed by atoms with Crippen LogP contribution in [0.4, 0.5) is 0 Å². The minimum atomic E-state index is 0.319. The standard InChI is InChI=1S/C27H25N5O/c1-2-6-19(7-3-1)17-32-25-9-5-4-8-23(25)24-16-21(12-15-26(24)32)20-10-13-22(14-11-20)33-18-27-28-30-31-29-27/h1-3,6-7,10-16H,4-5,8-9,17-18H2,(H,28,29,30,31). The summed E-state index contributed by atoms with van der Waals surface area (Å²) in [6, 6.07) is 25.9. The van der Waals surface area contributed by atoms with Gasteiger partial charge < -0.3 is 9.30 Å². The van der Waals surface area contributed by atoms with Crippen LogP contribution >= 0.6 is 0 Å². The summed E-state index contributed by atoms with van der Waals surface area (Å²) in [5, 5.41) is 15.1. The third-order valence-electron chi connectivity index (χ3n) is 6.51. The van der Waals surface area contributed by atoms with E-state index in [0.29, 0.717) is 12.4 Å². The van der Waals surface area contributed by atoms with E-state index in [4.69, 9.17) is 4.74 Å². The number of benzene rings is 3. The van der Waals surface area contributed by atoms with Crippen molar-refractivity contribution in [3.05, 3.63) is 95.4 Å². The fourth-order valence-corrected chi connectivity index (χ4v) is 4.90. The molecule has 0 amide bonds. The van der Waals surface area contributed by atoms with Gasteiger partial charge in [-0.2, -0.15) is 0 Å². The average Bonchev–Trinajstić information content (AvgIpc) is 3.50. The number of aromatic amines is 1. The number of rotatable bonds is 6. The van der Waals surface area contributed by atoms with Gasteiger partial charge in [0.15, 0.2) is 5.82 Å². The first-order valence-corrected chi connectivity index (χ1v) is 11.5. The van der Waals surface area contributed by atoms with E-state index in [1.807, 2.05) is 12.1 Å². The summed E-state index contributed by atoms with van der Waals surface area (Å²) in [5.74, 6) is 1.40. The van der Waals surface area contributed by atoms with Crippen LogP contribution in [0.15, 0.2) is 72.8 Å². The largest absolute Gasteiger partial charge is 0.486 e. The van der Waals surface area contributed by atoms with E-state index in [-0.39, 0.29) is 0 Å². The van der Waals surface area contributed by atoms with Crippen LogP contribution in [-0.2, 0) is 26.0 Å². The zero-order valence-corrected chi connectivity index (χ0v) is 18.4. The number of nitrogens with one attached hydrogen (secondary N) is 1. The molecular formula is C27H25N5O. The van der Waals surface area contributed by atoms with Gasteiger partial charge in [-0.05, 0) is 82.6 Å². The van der Waals surface area contributed by atoms with Gasteiger partial charge >= 0.3 is 0 Å². The minimum Gasteiger partial charge on any atom is -0.486 e. The van der Waals surface area contributed by atoms with Crippen molar-refractivity contribution in [3.8, 4) is 16.9 Å². The molecule has 0 bridgehead atoms. The number of nitrogens with zero attached hydrogens (tertiary/aromatic N) is 4. The summed E-state index contributed by atoms with van der Waals surface area (Å²) in [6.07, 6.45) is 4.88. The molecule has 0 fully saturated rings. The molecule has 0 saturated carbocycles. The van der Waals surface area contributed by atoms with Crippen molar-refractivity contribution in [2.75, 3.05) is 0 Å². The quantitative estimate of drug-likeness (QED) is 0.392. The van der Waals surface area contributed by atoms with Crippen LogP contribution in [-0.4, -0.2) is 25.2 Å². The van der Waals surface area contributed by atoms with Gasteiger partial charge in [0.05, 0.1) is 0 Å². The molecule has 2 heterocycles. The normalized spacial score (nSPS) is 13.2. The highest BCUT2D eigenvalue weighted by Crippen LogP contribution is 2.35. The number of fused-ring (bicyclic) bond motifs is 3. The molecule has 1 N–H and O–H groups in total. The summed E-state index contributed by atoms with van der Waals surface area (Å²) in [6.45, 7) is 1.25. The Hall–Kier alpha value is -3.93. The molecule has 33 heavy (non-hydrogen) atoms. The molecule has 0 atom stereocenters. The highest BCUT2D eigenvalue weighted by molar-refractivity contribution is 5.90. The summed E-state index contributed by atoms with van der Waals surface area (Å²) < 4.78 is 8.31. The Morgan fingerprint density at radius 3 is 2.52 bits per heavy atom. The summed E-state index contributed by atoms with van der Waals surface area (Å²) >= 11 is 0. The van der Waals surface area contributed by atoms with E-state index >= 15 is 0 Å². The molecule has 0 radical (unpaired) electrons. The Bertz CT molecular complexity index is 1370. The second kappa shape index (κ2) is 8.54. The number of H-pyrrole nitrogens is 1. The lowest BCUT2D eigenvalue weighted by Gasteiger charge is -2.16. The lowest BCUT2D eigenvalue weighted by Crippen LogP contribution is -2.09. The maximum absolute atomic E-state index is 5.77. The van der Waals surface area contributed by atoms with Crippen molar-refractivity contribution in [2.24, 2.45) is 0 Å². The average molecular weight is 436 g/mol. The number of tetrazole rings is 1. The number of aromatic nitrogens is 5. The zero-order chi connectivity index (χ0) is 22.0. The lowest BCUT2D eigenvalue weighted by molar-refractivity contribution is 0.296. The molecular weight excluding hydrogens is 410 g/mol. The molecule has 0 saturated heterocycles. The molecule has 5 aromatic rings. The van der Waals surface area contributed by atoms with Gasteiger partial charge in [0.2, 0.25) is 0 Å². The first kappa shape index (κ1) is 19.7. The molecule has 164 valence electrons. The van der Waals surface area contributed by atoms with Gasteiger partial charge in [0.25, 0.3) is 0 Å². The summed E-state index contributed by atoms with van der Waals surface area (Å²) in [5.41, 5.74) is 8.17. The van der Waals surface area contributed by atoms with Crippen molar-refractivity contribution < 1.29 is 4.74 Å². The molecule has 6 heteroatoms. The Morgan fingerprint density at radius 2 is 1.70 bits per heavy atom. The van der Waals surface area contributed by atoms with Crippen LogP contribution in [0.1, 0.15) is 35.5 Å². The SMILES string of the molecule is c1ccc(Cn2c3c(c4cc(-c5ccc(OCc6nnn[nH]6)cc5)ccc42)CCCC3)cc1. The Morgan fingerprint density at radius 1 is 0.879 bits per heavy atom. The van der Waals surface area contributed by atoms with Gasteiger partial charge in [-0.3, -0.25) is 0 Å². The summed E-state index contributed by atoms with van der Waals surface area (Å²) in [4.78, 5) is 0. The van der Waals surface area contributed by atoms with Crippen molar-refractivity contribution >= 4 is 10.9 Å². The third-order valence-corrected chi connectivity index (χ3v) is 6.51. The molecule has 2 aromatic heterocycles. The lowest BCUT2D eigenvalue weighted by atomic mass is 9.94. The molecule has 3 aromatic carbocycles. The van der Waals surface area contributed by atoms with E-state index in [9.17, 15) is 0 Å². The topological polar surface area (TPSA) is 68.6 Å². The van der Waals surface area contributed by atoms with Crippen LogP contribution in [0.2, 0.25) is 0 Å². The Labute approximate surface area is 192 Å². The van der Waals surface area contributed by atoms with Crippen LogP contribution < -0.4 is 4.74 Å². The van der Waals surface area contributed by atoms with Crippen LogP contribution in [0.5, 0.6) is 5.75 Å². The molecule has 6 rings (SSSR count). The predicted molar refractivity (Wildman–Crippen MR) is 128 cm³/mol. The monoisotopic (exact) mass is 435 g/mol. The highest BCUT2D eigenvalue weighted by Gasteiger charge is 2.20. The van der Waals surface area contributed by atoms with Crippen LogP contribution in [0, 0.1) is 0 Å². The first-order valence-electron chi connectivity index (χ1n) is 11.5. The van der Waals surface area contributed by atoms with Crippen LogP contribution in [0.3, 0.4) is 0 Å². The van der Waals surface area contributed by atoms with Gasteiger partial charge in [-0.25, -0.2) is 5.10 Å². The zero-order valence-electron chi connectivity index (χ0n) is 18.4. The maximum atomic E-state index is 5.77. The molecule has 1 aliphatic rings. The number of ether oxygens (including phenoxy) is 1. The maximum Gasteiger partial charge on any atom is 0.186 e. The number of aryl methyl sites for hydroxylation is 1. The van der Waals surface area contributed by atoms with E-state index in [2.05, 4.69) is 85.9 Å². The van der Waals surface area contributed by atoms with E-state index in [1.54, 1.807) is 0 Å². The van der Waals surface area contributed by atoms with E-state index in [1.165, 1.54) is 64.5 Å². The third kappa shape index (κ3) is 3.89. The van der Waals surface area contributed by atoms with Crippen LogP contribution in [0.25, 0.3) is 22.0 Å². The minimum absolute atomic E-state index is 0.319. The van der Waals surface area contributed by atoms with Crippen molar-refractivity contribution in [3.63, 3.8) is 0 Å². The molecule has 1 aliphatic carbocycles. The second-order valence-electron chi connectivity index (χ2n) is 8.60. The molecule has 0 aliphatic heterocycles. The first-order chi connectivity index (χ1) is 16.3. The fraction of sp³-hybridized carbons (Fsp3) is 0.222. The van der Waals surface area contributed by atoms with Gasteiger partial charge in [-0.1, -0.05) is 48.5 Å². The smallest absolute Gasteiger partial charge is 0.186 e. The highest BCUT2D eigenvalue weighted by atomic mass is 16.5. The molecule has 0 spiro atoms. The fourth-order valence-electron chi connectivity index (χ4n) is 4.90.